The van der Waals surface area contributed by atoms with Crippen LogP contribution in [0.15, 0.2) is 0 Å². The molecule has 0 rings (SSSR count). The quantitative estimate of drug-likeness (QED) is 0.206. The molecule has 0 fully saturated rings. The summed E-state index contributed by atoms with van der Waals surface area (Å²) in [5.41, 5.74) is 0.102. The molecule has 0 aliphatic heterocycles. The molecule has 0 aromatic heterocycles. The van der Waals surface area contributed by atoms with Crippen molar-refractivity contribution >= 4 is 0 Å². The molecule has 0 aromatic carbocycles. The maximum atomic E-state index is 6.69. The minimum absolute atomic E-state index is 0.0133. The zero-order chi connectivity index (χ0) is 28.8. The van der Waals surface area contributed by atoms with E-state index in [2.05, 4.69) is 118 Å². The van der Waals surface area contributed by atoms with Crippen LogP contribution in [-0.2, 0) is 14.2 Å². The van der Waals surface area contributed by atoms with Gasteiger partial charge in [0.15, 0.2) is 0 Å². The Labute approximate surface area is 228 Å². The molecule has 3 atom stereocenters. The second-order valence-corrected chi connectivity index (χ2v) is 16.9. The fourth-order valence-electron chi connectivity index (χ4n) is 5.83. The molecule has 0 N–H and O–H groups in total. The molecule has 0 spiro atoms. The first-order chi connectivity index (χ1) is 15.8. The first kappa shape index (κ1) is 35.9. The van der Waals surface area contributed by atoms with Gasteiger partial charge in [-0.1, -0.05) is 69.2 Å². The third kappa shape index (κ3) is 16.0. The van der Waals surface area contributed by atoms with Crippen LogP contribution in [0.5, 0.6) is 0 Å². The molecule has 0 saturated carbocycles. The summed E-state index contributed by atoms with van der Waals surface area (Å²) < 4.78 is 19.5. The largest absolute Gasteiger partial charge is 0.376 e. The van der Waals surface area contributed by atoms with Gasteiger partial charge in [-0.3, -0.25) is 0 Å². The fourth-order valence-corrected chi connectivity index (χ4v) is 5.83. The maximum absolute atomic E-state index is 6.69. The van der Waals surface area contributed by atoms with Gasteiger partial charge in [-0.15, -0.1) is 0 Å². The highest BCUT2D eigenvalue weighted by atomic mass is 16.5. The molecule has 36 heavy (non-hydrogen) atoms. The first-order valence-corrected chi connectivity index (χ1v) is 14.7. The van der Waals surface area contributed by atoms with Crippen molar-refractivity contribution in [3.63, 3.8) is 0 Å². The normalized spacial score (nSPS) is 17.2. The zero-order valence-electron chi connectivity index (χ0n) is 27.9. The summed E-state index contributed by atoms with van der Waals surface area (Å²) >= 11 is 0. The van der Waals surface area contributed by atoms with E-state index in [0.717, 1.165) is 32.5 Å². The van der Waals surface area contributed by atoms with Crippen LogP contribution in [0.25, 0.3) is 0 Å². The van der Waals surface area contributed by atoms with E-state index in [1.165, 1.54) is 12.8 Å². The molecule has 0 aromatic rings. The minimum Gasteiger partial charge on any atom is -0.376 e. The van der Waals surface area contributed by atoms with Gasteiger partial charge in [0.2, 0.25) is 0 Å². The smallest absolute Gasteiger partial charge is 0.0681 e. The molecule has 3 heteroatoms. The summed E-state index contributed by atoms with van der Waals surface area (Å²) in [7, 11) is 0. The molecule has 0 saturated heterocycles. The Morgan fingerprint density at radius 3 is 1.44 bits per heavy atom. The lowest BCUT2D eigenvalue weighted by Gasteiger charge is -2.44. The summed E-state index contributed by atoms with van der Waals surface area (Å²) in [5, 5.41) is 0. The summed E-state index contributed by atoms with van der Waals surface area (Å²) in [6.07, 6.45) is 5.44. The Kier molecular flexibility index (Phi) is 13.2. The van der Waals surface area contributed by atoms with Crippen LogP contribution in [0, 0.1) is 28.1 Å². The van der Waals surface area contributed by atoms with E-state index in [0.29, 0.717) is 22.7 Å². The molecular weight excluding hydrogens is 444 g/mol. The van der Waals surface area contributed by atoms with Gasteiger partial charge in [0.05, 0.1) is 22.9 Å². The highest BCUT2D eigenvalue weighted by molar-refractivity contribution is 4.89. The molecule has 3 nitrogen and oxygen atoms in total. The van der Waals surface area contributed by atoms with E-state index in [9.17, 15) is 0 Å². The van der Waals surface area contributed by atoms with Gasteiger partial charge >= 0.3 is 0 Å². The lowest BCUT2D eigenvalue weighted by molar-refractivity contribution is -0.162. The molecule has 3 unspecified atom stereocenters. The summed E-state index contributed by atoms with van der Waals surface area (Å²) in [6, 6.07) is 0. The number of hydrogen-bond acceptors (Lipinski definition) is 3. The topological polar surface area (TPSA) is 27.7 Å². The van der Waals surface area contributed by atoms with E-state index in [1.54, 1.807) is 0 Å². The van der Waals surface area contributed by atoms with Crippen LogP contribution < -0.4 is 0 Å². The van der Waals surface area contributed by atoms with Crippen LogP contribution >= 0.6 is 0 Å². The Morgan fingerprint density at radius 1 is 0.528 bits per heavy atom. The van der Waals surface area contributed by atoms with E-state index in [4.69, 9.17) is 14.2 Å². The molecule has 0 bridgehead atoms. The maximum Gasteiger partial charge on any atom is 0.0681 e. The molecule has 0 heterocycles. The van der Waals surface area contributed by atoms with Crippen LogP contribution in [0.2, 0.25) is 0 Å². The van der Waals surface area contributed by atoms with Gasteiger partial charge in [-0.25, -0.2) is 0 Å². The summed E-state index contributed by atoms with van der Waals surface area (Å²) in [6.45, 7) is 40.2. The SMILES string of the molecule is CC(COC(C)(C)CC(C)OC(C)(C)C(C)(C)CCOC(C)(C)CC(C)CC(C)(C)C)CC(C)(C)C. The van der Waals surface area contributed by atoms with Gasteiger partial charge < -0.3 is 14.2 Å². The average molecular weight is 513 g/mol. The van der Waals surface area contributed by atoms with E-state index in [1.807, 2.05) is 0 Å². The monoisotopic (exact) mass is 513 g/mol. The predicted octanol–water partition coefficient (Wildman–Crippen LogP) is 10.1. The minimum atomic E-state index is -0.269. The lowest BCUT2D eigenvalue weighted by Crippen LogP contribution is -2.46. The highest BCUT2D eigenvalue weighted by Crippen LogP contribution is 2.40. The first-order valence-electron chi connectivity index (χ1n) is 14.7. The Morgan fingerprint density at radius 2 is 0.972 bits per heavy atom. The number of rotatable bonds is 16. The molecule has 218 valence electrons. The second kappa shape index (κ2) is 13.3. The predicted molar refractivity (Wildman–Crippen MR) is 159 cm³/mol. The van der Waals surface area contributed by atoms with Crippen molar-refractivity contribution in [3.8, 4) is 0 Å². The summed E-state index contributed by atoms with van der Waals surface area (Å²) in [5.74, 6) is 1.20. The standard InChI is InChI=1S/C33H68O3/c1-25(20-28(4,5)6)22-31(12,13)34-19-18-30(10,11)33(16,17)36-27(3)23-32(14,15)35-24-26(2)21-29(7,8)9/h25-27H,18-24H2,1-17H3. The molecular formula is C33H68O3. The molecule has 0 aliphatic rings. The van der Waals surface area contributed by atoms with Crippen LogP contribution in [-0.4, -0.2) is 36.1 Å². The summed E-state index contributed by atoms with van der Waals surface area (Å²) in [4.78, 5) is 0. The fraction of sp³-hybridized carbons (Fsp3) is 1.00. The van der Waals surface area contributed by atoms with Gasteiger partial charge in [0.1, 0.15) is 0 Å². The lowest BCUT2D eigenvalue weighted by atomic mass is 9.74. The van der Waals surface area contributed by atoms with Gasteiger partial charge in [0.25, 0.3) is 0 Å². The van der Waals surface area contributed by atoms with E-state index < -0.39 is 0 Å². The van der Waals surface area contributed by atoms with Gasteiger partial charge in [-0.2, -0.15) is 0 Å². The zero-order valence-corrected chi connectivity index (χ0v) is 27.9. The van der Waals surface area contributed by atoms with Crippen LogP contribution in [0.3, 0.4) is 0 Å². The molecule has 0 amide bonds. The van der Waals surface area contributed by atoms with Crippen molar-refractivity contribution in [3.05, 3.63) is 0 Å². The van der Waals surface area contributed by atoms with Crippen molar-refractivity contribution in [2.45, 2.75) is 173 Å². The third-order valence-corrected chi connectivity index (χ3v) is 7.64. The number of hydrogen-bond donors (Lipinski definition) is 0. The Bertz CT molecular complexity index is 616. The highest BCUT2D eigenvalue weighted by Gasteiger charge is 2.40. The van der Waals surface area contributed by atoms with Crippen molar-refractivity contribution in [1.82, 2.24) is 0 Å². The van der Waals surface area contributed by atoms with Crippen LogP contribution in [0.4, 0.5) is 0 Å². The van der Waals surface area contributed by atoms with Crippen molar-refractivity contribution in [1.29, 1.82) is 0 Å². The molecule has 0 aliphatic carbocycles. The van der Waals surface area contributed by atoms with Crippen molar-refractivity contribution in [2.75, 3.05) is 13.2 Å². The average Bonchev–Trinajstić information content (AvgIpc) is 2.54. The van der Waals surface area contributed by atoms with Crippen molar-refractivity contribution < 1.29 is 14.2 Å². The Balaban J connectivity index is 4.80. The Hall–Kier alpha value is -0.120. The number of ether oxygens (including phenoxy) is 3. The van der Waals surface area contributed by atoms with Crippen molar-refractivity contribution in [2.24, 2.45) is 28.1 Å². The molecule has 0 radical (unpaired) electrons. The second-order valence-electron chi connectivity index (χ2n) is 16.9. The van der Waals surface area contributed by atoms with Gasteiger partial charge in [-0.05, 0) is 102 Å². The van der Waals surface area contributed by atoms with E-state index >= 15 is 0 Å². The van der Waals surface area contributed by atoms with E-state index in [-0.39, 0.29) is 28.3 Å². The van der Waals surface area contributed by atoms with Gasteiger partial charge in [0, 0.05) is 19.6 Å². The van der Waals surface area contributed by atoms with Crippen LogP contribution in [0.1, 0.15) is 150 Å². The third-order valence-electron chi connectivity index (χ3n) is 7.64.